The number of thiocarbonyl (C=S) groups is 1. The molecule has 0 saturated carbocycles. The Morgan fingerprint density at radius 2 is 2.07 bits per heavy atom. The molecule has 1 heterocycles. The number of hydrogen-bond acceptors (Lipinski definition) is 7. The minimum Gasteiger partial charge on any atom is -0.493 e. The van der Waals surface area contributed by atoms with E-state index < -0.39 is 5.97 Å². The summed E-state index contributed by atoms with van der Waals surface area (Å²) in [5, 5.41) is 0. The maximum atomic E-state index is 12.1. The van der Waals surface area contributed by atoms with E-state index in [0.717, 1.165) is 11.1 Å². The SMILES string of the molecule is CCOC(=O)COc1ccc(/C=C/C(C)=C2/SC(=S)N(C)C2=O)cc1OC. The van der Waals surface area contributed by atoms with Crippen LogP contribution in [0.5, 0.6) is 11.5 Å². The lowest BCUT2D eigenvalue weighted by Crippen LogP contribution is -2.22. The molecule has 0 N–H and O–H groups in total. The van der Waals surface area contributed by atoms with Gasteiger partial charge in [-0.2, -0.15) is 0 Å². The van der Waals surface area contributed by atoms with Crippen LogP contribution in [0.1, 0.15) is 19.4 Å². The Morgan fingerprint density at radius 1 is 1.33 bits per heavy atom. The van der Waals surface area contributed by atoms with Gasteiger partial charge in [-0.3, -0.25) is 9.69 Å². The topological polar surface area (TPSA) is 65.1 Å². The number of likely N-dealkylation sites (N-methyl/N-ethyl adjacent to an activating group) is 1. The van der Waals surface area contributed by atoms with Crippen LogP contribution in [0, 0.1) is 0 Å². The molecular weight excluding hydrogens is 386 g/mol. The van der Waals surface area contributed by atoms with Crippen LogP contribution in [-0.4, -0.2) is 48.5 Å². The monoisotopic (exact) mass is 407 g/mol. The Hall–Kier alpha value is -2.32. The Morgan fingerprint density at radius 3 is 2.67 bits per heavy atom. The zero-order valence-electron chi connectivity index (χ0n) is 15.6. The van der Waals surface area contributed by atoms with E-state index in [1.165, 1.54) is 23.8 Å². The van der Waals surface area contributed by atoms with E-state index in [0.29, 0.717) is 27.3 Å². The number of esters is 1. The van der Waals surface area contributed by atoms with Gasteiger partial charge in [-0.25, -0.2) is 4.79 Å². The van der Waals surface area contributed by atoms with Gasteiger partial charge in [0.2, 0.25) is 0 Å². The number of carbonyl (C=O) groups is 2. The molecule has 6 nitrogen and oxygen atoms in total. The van der Waals surface area contributed by atoms with Crippen molar-refractivity contribution >= 4 is 46.3 Å². The highest BCUT2D eigenvalue weighted by molar-refractivity contribution is 8.26. The first-order valence-electron chi connectivity index (χ1n) is 8.22. The molecule has 1 aliphatic rings. The smallest absolute Gasteiger partial charge is 0.344 e. The number of allylic oxidation sites excluding steroid dienone is 2. The molecule has 0 aromatic heterocycles. The predicted octanol–water partition coefficient (Wildman–Crippen LogP) is 3.41. The highest BCUT2D eigenvalue weighted by atomic mass is 32.2. The summed E-state index contributed by atoms with van der Waals surface area (Å²) in [6, 6.07) is 5.34. The van der Waals surface area contributed by atoms with Gasteiger partial charge >= 0.3 is 5.97 Å². The van der Waals surface area contributed by atoms with E-state index in [1.807, 2.05) is 25.1 Å². The van der Waals surface area contributed by atoms with E-state index in [1.54, 1.807) is 26.1 Å². The molecule has 1 amide bonds. The molecule has 1 fully saturated rings. The Kier molecular flexibility index (Phi) is 7.44. The fraction of sp³-hybridized carbons (Fsp3) is 0.316. The molecule has 1 saturated heterocycles. The molecule has 0 atom stereocenters. The quantitative estimate of drug-likeness (QED) is 0.390. The zero-order valence-corrected chi connectivity index (χ0v) is 17.2. The zero-order chi connectivity index (χ0) is 20.0. The van der Waals surface area contributed by atoms with E-state index in [4.69, 9.17) is 26.4 Å². The van der Waals surface area contributed by atoms with Crippen molar-refractivity contribution < 1.29 is 23.8 Å². The third-order valence-corrected chi connectivity index (χ3v) is 5.36. The lowest BCUT2D eigenvalue weighted by molar-refractivity contribution is -0.145. The van der Waals surface area contributed by atoms with Crippen molar-refractivity contribution in [3.63, 3.8) is 0 Å². The largest absolute Gasteiger partial charge is 0.493 e. The van der Waals surface area contributed by atoms with Crippen molar-refractivity contribution in [2.45, 2.75) is 13.8 Å². The van der Waals surface area contributed by atoms with Crippen molar-refractivity contribution in [2.75, 3.05) is 27.4 Å². The summed E-state index contributed by atoms with van der Waals surface area (Å²) in [5.41, 5.74) is 1.69. The molecule has 1 aromatic rings. The van der Waals surface area contributed by atoms with Crippen LogP contribution in [0.4, 0.5) is 0 Å². The van der Waals surface area contributed by atoms with Crippen molar-refractivity contribution in [2.24, 2.45) is 0 Å². The number of ether oxygens (including phenoxy) is 3. The number of thioether (sulfide) groups is 1. The van der Waals surface area contributed by atoms with Crippen LogP contribution in [0.2, 0.25) is 0 Å². The summed E-state index contributed by atoms with van der Waals surface area (Å²) < 4.78 is 16.1. The minimum absolute atomic E-state index is 0.0903. The summed E-state index contributed by atoms with van der Waals surface area (Å²) in [7, 11) is 3.19. The van der Waals surface area contributed by atoms with Crippen molar-refractivity contribution in [3.8, 4) is 11.5 Å². The van der Waals surface area contributed by atoms with Gasteiger partial charge in [-0.15, -0.1) is 0 Å². The second kappa shape index (κ2) is 9.57. The molecule has 1 aliphatic heterocycles. The number of carbonyl (C=O) groups excluding carboxylic acids is 2. The average Bonchev–Trinajstić information content (AvgIpc) is 2.92. The molecule has 0 aliphatic carbocycles. The second-order valence-corrected chi connectivity index (χ2v) is 7.23. The number of amides is 1. The maximum Gasteiger partial charge on any atom is 0.344 e. The van der Waals surface area contributed by atoms with Gasteiger partial charge in [0.25, 0.3) is 5.91 Å². The maximum absolute atomic E-state index is 12.1. The average molecular weight is 408 g/mol. The van der Waals surface area contributed by atoms with Crippen molar-refractivity contribution in [3.05, 3.63) is 40.3 Å². The standard InChI is InChI=1S/C19H21NO5S2/c1-5-24-16(21)11-25-14-9-8-13(10-15(14)23-4)7-6-12(2)17-18(22)20(3)19(26)27-17/h6-10H,5,11H2,1-4H3/b7-6+,17-12+. The van der Waals surface area contributed by atoms with Crippen LogP contribution >= 0.6 is 24.0 Å². The van der Waals surface area contributed by atoms with Gasteiger partial charge in [-0.1, -0.05) is 42.2 Å². The normalized spacial score (nSPS) is 16.1. The van der Waals surface area contributed by atoms with Crippen molar-refractivity contribution in [1.82, 2.24) is 4.90 Å². The summed E-state index contributed by atoms with van der Waals surface area (Å²) in [5.74, 6) is 0.421. The molecule has 0 bridgehead atoms. The molecule has 0 radical (unpaired) electrons. The van der Waals surface area contributed by atoms with Gasteiger partial charge in [0.1, 0.15) is 4.32 Å². The van der Waals surface area contributed by atoms with Crippen LogP contribution in [0.3, 0.4) is 0 Å². The number of methoxy groups -OCH3 is 1. The van der Waals surface area contributed by atoms with Crippen LogP contribution in [0.15, 0.2) is 34.8 Å². The fourth-order valence-electron chi connectivity index (χ4n) is 2.23. The van der Waals surface area contributed by atoms with Gasteiger partial charge in [0.15, 0.2) is 18.1 Å². The van der Waals surface area contributed by atoms with Gasteiger partial charge in [0.05, 0.1) is 18.6 Å². The van der Waals surface area contributed by atoms with Crippen molar-refractivity contribution in [1.29, 1.82) is 0 Å². The summed E-state index contributed by atoms with van der Waals surface area (Å²) >= 11 is 6.44. The first-order valence-corrected chi connectivity index (χ1v) is 9.45. The van der Waals surface area contributed by atoms with Gasteiger partial charge < -0.3 is 14.2 Å². The number of rotatable bonds is 7. The van der Waals surface area contributed by atoms with Gasteiger partial charge in [-0.05, 0) is 37.1 Å². The van der Waals surface area contributed by atoms with E-state index >= 15 is 0 Å². The first-order chi connectivity index (χ1) is 12.9. The third kappa shape index (κ3) is 5.33. The molecule has 2 rings (SSSR count). The van der Waals surface area contributed by atoms with E-state index in [2.05, 4.69) is 0 Å². The van der Waals surface area contributed by atoms with E-state index in [-0.39, 0.29) is 12.5 Å². The summed E-state index contributed by atoms with van der Waals surface area (Å²) in [6.07, 6.45) is 3.73. The molecule has 0 unspecified atom stereocenters. The highest BCUT2D eigenvalue weighted by Gasteiger charge is 2.29. The number of hydrogen-bond donors (Lipinski definition) is 0. The molecular formula is C19H21NO5S2. The first kappa shape index (κ1) is 21.0. The molecule has 1 aromatic carbocycles. The molecule has 0 spiro atoms. The van der Waals surface area contributed by atoms with E-state index in [9.17, 15) is 9.59 Å². The Bertz CT molecular complexity index is 816. The van der Waals surface area contributed by atoms with Crippen LogP contribution < -0.4 is 9.47 Å². The number of nitrogens with zero attached hydrogens (tertiary/aromatic N) is 1. The fourth-order valence-corrected chi connectivity index (χ4v) is 3.41. The Labute approximate surface area is 168 Å². The number of benzene rings is 1. The minimum atomic E-state index is -0.438. The lowest BCUT2D eigenvalue weighted by atomic mass is 10.1. The predicted molar refractivity (Wildman–Crippen MR) is 110 cm³/mol. The molecule has 144 valence electrons. The Balaban J connectivity index is 2.13. The molecule has 8 heteroatoms. The van der Waals surface area contributed by atoms with Crippen LogP contribution in [0.25, 0.3) is 6.08 Å². The summed E-state index contributed by atoms with van der Waals surface area (Å²) in [4.78, 5) is 25.6. The summed E-state index contributed by atoms with van der Waals surface area (Å²) in [6.45, 7) is 3.73. The second-order valence-electron chi connectivity index (χ2n) is 5.58. The van der Waals surface area contributed by atoms with Gasteiger partial charge in [0, 0.05) is 7.05 Å². The lowest BCUT2D eigenvalue weighted by Gasteiger charge is -2.11. The third-order valence-electron chi connectivity index (χ3n) is 3.68. The van der Waals surface area contributed by atoms with Crippen LogP contribution in [-0.2, 0) is 14.3 Å². The highest BCUT2D eigenvalue weighted by Crippen LogP contribution is 2.33. The molecule has 27 heavy (non-hydrogen) atoms.